The molecule has 0 radical (unpaired) electrons. The zero-order chi connectivity index (χ0) is 24.2. The molecule has 0 bridgehead atoms. The molecule has 9 nitrogen and oxygen atoms in total. The molecule has 2 aromatic rings. The highest BCUT2D eigenvalue weighted by molar-refractivity contribution is 7.86. The summed E-state index contributed by atoms with van der Waals surface area (Å²) in [7, 11) is 1.15. The van der Waals surface area contributed by atoms with Crippen LogP contribution in [0, 0.1) is 12.7 Å². The van der Waals surface area contributed by atoms with E-state index in [0.29, 0.717) is 42.9 Å². The van der Waals surface area contributed by atoms with Gasteiger partial charge < -0.3 is 15.5 Å². The molecule has 1 saturated heterocycles. The van der Waals surface area contributed by atoms with Crippen LogP contribution in [0.25, 0.3) is 0 Å². The highest BCUT2D eigenvalue weighted by Gasteiger charge is 2.31. The first-order valence-corrected chi connectivity index (χ1v) is 12.1. The van der Waals surface area contributed by atoms with Crippen molar-refractivity contribution in [2.75, 3.05) is 44.4 Å². The van der Waals surface area contributed by atoms with Crippen molar-refractivity contribution >= 4 is 27.6 Å². The van der Waals surface area contributed by atoms with E-state index in [0.717, 1.165) is 5.69 Å². The van der Waals surface area contributed by atoms with E-state index in [1.807, 2.05) is 17.9 Å². The van der Waals surface area contributed by atoms with Gasteiger partial charge in [-0.2, -0.15) is 17.0 Å². The number of halogens is 1. The van der Waals surface area contributed by atoms with E-state index in [4.69, 9.17) is 0 Å². The van der Waals surface area contributed by atoms with E-state index < -0.39 is 16.2 Å². The second-order valence-electron chi connectivity index (χ2n) is 8.34. The lowest BCUT2D eigenvalue weighted by Crippen LogP contribution is -2.48. The molecule has 2 amide bonds. The van der Waals surface area contributed by atoms with Crippen LogP contribution < -0.4 is 15.5 Å². The number of urea groups is 1. The molecule has 0 aliphatic carbocycles. The quantitative estimate of drug-likeness (QED) is 0.638. The Hall–Kier alpha value is -2.76. The van der Waals surface area contributed by atoms with Crippen molar-refractivity contribution in [1.29, 1.82) is 0 Å². The Bertz CT molecular complexity index is 1070. The molecule has 0 atom stereocenters. The van der Waals surface area contributed by atoms with Crippen LogP contribution in [0.1, 0.15) is 24.1 Å². The largest absolute Gasteiger partial charge is 0.371 e. The number of anilines is 2. The lowest BCUT2D eigenvalue weighted by Gasteiger charge is -2.38. The van der Waals surface area contributed by atoms with Crippen LogP contribution in [0.2, 0.25) is 0 Å². The number of pyridine rings is 1. The van der Waals surface area contributed by atoms with Gasteiger partial charge in [-0.25, -0.2) is 9.18 Å². The van der Waals surface area contributed by atoms with Gasteiger partial charge in [0.15, 0.2) is 0 Å². The molecule has 1 aromatic carbocycles. The molecular formula is C22H31FN6O3S. The lowest BCUT2D eigenvalue weighted by molar-refractivity contribution is 0.251. The third kappa shape index (κ3) is 6.40. The van der Waals surface area contributed by atoms with Gasteiger partial charge in [0.2, 0.25) is 0 Å². The predicted molar refractivity (Wildman–Crippen MR) is 127 cm³/mol. The molecule has 0 unspecified atom stereocenters. The van der Waals surface area contributed by atoms with Crippen molar-refractivity contribution < 1.29 is 17.6 Å². The first kappa shape index (κ1) is 24.9. The molecule has 0 saturated carbocycles. The number of nitrogens with zero attached hydrogens (tertiary/aromatic N) is 4. The van der Waals surface area contributed by atoms with Gasteiger partial charge in [0.05, 0.1) is 11.9 Å². The molecule has 180 valence electrons. The van der Waals surface area contributed by atoms with Gasteiger partial charge in [0.1, 0.15) is 5.82 Å². The molecular weight excluding hydrogens is 447 g/mol. The van der Waals surface area contributed by atoms with Crippen molar-refractivity contribution in [3.63, 3.8) is 0 Å². The van der Waals surface area contributed by atoms with Crippen LogP contribution in [0.5, 0.6) is 0 Å². The number of benzene rings is 1. The third-order valence-electron chi connectivity index (χ3n) is 5.73. The standard InChI is InChI=1S/C22H31FN6O3S/c1-16-5-6-19(15-24-16)26-22(30)25-14-17-11-18(23)13-21(12-17)29-9-7-20(8-10-29)28(4)33(31,32)27(2)3/h5-6,11-13,15,20H,7-10,14H2,1-4H3,(H2,25,26,30). The molecule has 1 aromatic heterocycles. The zero-order valence-electron chi connectivity index (χ0n) is 19.4. The number of hydrogen-bond acceptors (Lipinski definition) is 5. The Balaban J connectivity index is 1.58. The number of amides is 2. The number of aromatic nitrogens is 1. The molecule has 2 heterocycles. The first-order chi connectivity index (χ1) is 15.6. The molecule has 11 heteroatoms. The molecule has 1 aliphatic rings. The monoisotopic (exact) mass is 478 g/mol. The van der Waals surface area contributed by atoms with Gasteiger partial charge in [-0.1, -0.05) is 0 Å². The summed E-state index contributed by atoms with van der Waals surface area (Å²) in [5, 5.41) is 5.42. The summed E-state index contributed by atoms with van der Waals surface area (Å²) in [5.74, 6) is -0.387. The Kier molecular flexibility index (Phi) is 7.88. The maximum atomic E-state index is 14.3. The summed E-state index contributed by atoms with van der Waals surface area (Å²) in [6.45, 7) is 3.23. The fraction of sp³-hybridized carbons (Fsp3) is 0.455. The zero-order valence-corrected chi connectivity index (χ0v) is 20.2. The number of carbonyl (C=O) groups is 1. The number of nitrogens with one attached hydrogen (secondary N) is 2. The van der Waals surface area contributed by atoms with Crippen molar-refractivity contribution in [2.24, 2.45) is 0 Å². The number of rotatable bonds is 7. The van der Waals surface area contributed by atoms with Crippen LogP contribution in [0.4, 0.5) is 20.6 Å². The average Bonchev–Trinajstić information content (AvgIpc) is 2.78. The molecule has 1 aliphatic heterocycles. The van der Waals surface area contributed by atoms with Crippen molar-refractivity contribution in [1.82, 2.24) is 18.9 Å². The highest BCUT2D eigenvalue weighted by Crippen LogP contribution is 2.25. The number of aryl methyl sites for hydroxylation is 1. The smallest absolute Gasteiger partial charge is 0.319 e. The number of piperidine rings is 1. The van der Waals surface area contributed by atoms with Crippen molar-refractivity contribution in [2.45, 2.75) is 32.4 Å². The first-order valence-electron chi connectivity index (χ1n) is 10.7. The van der Waals surface area contributed by atoms with Gasteiger partial charge in [0.25, 0.3) is 10.2 Å². The minimum atomic E-state index is -3.47. The van der Waals surface area contributed by atoms with E-state index >= 15 is 0 Å². The van der Waals surface area contributed by atoms with Crippen LogP contribution in [0.3, 0.4) is 0 Å². The fourth-order valence-corrected chi connectivity index (χ4v) is 4.85. The minimum absolute atomic E-state index is 0.108. The molecule has 3 rings (SSSR count). The lowest BCUT2D eigenvalue weighted by atomic mass is 10.0. The van der Waals surface area contributed by atoms with E-state index in [9.17, 15) is 17.6 Å². The SMILES string of the molecule is Cc1ccc(NC(=O)NCc2cc(F)cc(N3CCC(N(C)S(=O)(=O)N(C)C)CC3)c2)cn1. The molecule has 2 N–H and O–H groups in total. The average molecular weight is 479 g/mol. The van der Waals surface area contributed by atoms with Crippen molar-refractivity contribution in [3.05, 3.63) is 53.6 Å². The van der Waals surface area contributed by atoms with Crippen LogP contribution in [-0.4, -0.2) is 68.3 Å². The van der Waals surface area contributed by atoms with Crippen LogP contribution in [0.15, 0.2) is 36.5 Å². The van der Waals surface area contributed by atoms with E-state index in [2.05, 4.69) is 15.6 Å². The van der Waals surface area contributed by atoms with Gasteiger partial charge >= 0.3 is 6.03 Å². The van der Waals surface area contributed by atoms with Gasteiger partial charge in [-0.05, 0) is 55.7 Å². The minimum Gasteiger partial charge on any atom is -0.371 e. The maximum absolute atomic E-state index is 14.3. The fourth-order valence-electron chi connectivity index (χ4n) is 3.75. The Labute approximate surface area is 194 Å². The van der Waals surface area contributed by atoms with E-state index in [-0.39, 0.29) is 18.4 Å². The molecule has 1 fully saturated rings. The number of hydrogen-bond donors (Lipinski definition) is 2. The maximum Gasteiger partial charge on any atom is 0.319 e. The Morgan fingerprint density at radius 2 is 1.88 bits per heavy atom. The predicted octanol–water partition coefficient (Wildman–Crippen LogP) is 2.56. The van der Waals surface area contributed by atoms with Crippen molar-refractivity contribution in [3.8, 4) is 0 Å². The Morgan fingerprint density at radius 1 is 1.18 bits per heavy atom. The van der Waals surface area contributed by atoms with Crippen LogP contribution in [-0.2, 0) is 16.8 Å². The third-order valence-corrected chi connectivity index (χ3v) is 7.68. The van der Waals surface area contributed by atoms with E-state index in [1.54, 1.807) is 25.4 Å². The van der Waals surface area contributed by atoms with E-state index in [1.165, 1.54) is 34.8 Å². The summed E-state index contributed by atoms with van der Waals surface area (Å²) >= 11 is 0. The molecule has 0 spiro atoms. The normalized spacial score (nSPS) is 15.2. The summed E-state index contributed by atoms with van der Waals surface area (Å²) < 4.78 is 41.6. The summed E-state index contributed by atoms with van der Waals surface area (Å²) in [4.78, 5) is 18.3. The Morgan fingerprint density at radius 3 is 2.48 bits per heavy atom. The summed E-state index contributed by atoms with van der Waals surface area (Å²) in [6.07, 6.45) is 2.85. The highest BCUT2D eigenvalue weighted by atomic mass is 32.2. The van der Waals surface area contributed by atoms with Gasteiger partial charge in [-0.3, -0.25) is 4.98 Å². The topological polar surface area (TPSA) is 97.9 Å². The summed E-state index contributed by atoms with van der Waals surface area (Å²) in [6, 6.07) is 7.74. The second kappa shape index (κ2) is 10.4. The second-order valence-corrected chi connectivity index (χ2v) is 10.5. The summed E-state index contributed by atoms with van der Waals surface area (Å²) in [5.41, 5.74) is 2.77. The van der Waals surface area contributed by atoms with Gasteiger partial charge in [0, 0.05) is 58.2 Å². The van der Waals surface area contributed by atoms with Gasteiger partial charge in [-0.15, -0.1) is 0 Å². The number of carbonyl (C=O) groups excluding carboxylic acids is 1. The molecule has 33 heavy (non-hydrogen) atoms. The van der Waals surface area contributed by atoms with Crippen LogP contribution >= 0.6 is 0 Å².